The van der Waals surface area contributed by atoms with Crippen LogP contribution in [0.25, 0.3) is 22.3 Å². The lowest BCUT2D eigenvalue weighted by molar-refractivity contribution is -0.105. The molecule has 0 saturated carbocycles. The van der Waals surface area contributed by atoms with Crippen molar-refractivity contribution in [3.05, 3.63) is 75.8 Å². The monoisotopic (exact) mass is 388 g/mol. The molecule has 0 bridgehead atoms. The van der Waals surface area contributed by atoms with Gasteiger partial charge in [0.25, 0.3) is 5.56 Å². The lowest BCUT2D eigenvalue weighted by Crippen LogP contribution is -2.42. The van der Waals surface area contributed by atoms with E-state index in [0.29, 0.717) is 24.3 Å². The van der Waals surface area contributed by atoms with Crippen LogP contribution in [-0.2, 0) is 28.2 Å². The molecule has 1 aromatic carbocycles. The van der Waals surface area contributed by atoms with E-state index in [9.17, 15) is 4.79 Å². The minimum atomic E-state index is -0.823. The van der Waals surface area contributed by atoms with Crippen LogP contribution in [0.4, 0.5) is 0 Å². The molecular formula is C24H24N2O3. The Morgan fingerprint density at radius 2 is 2.10 bits per heavy atom. The first-order valence-corrected chi connectivity index (χ1v) is 10.1. The lowest BCUT2D eigenvalue weighted by atomic mass is 9.84. The number of pyridine rings is 2. The van der Waals surface area contributed by atoms with E-state index in [1.165, 1.54) is 0 Å². The lowest BCUT2D eigenvalue weighted by Gasteiger charge is -2.41. The van der Waals surface area contributed by atoms with Crippen molar-refractivity contribution in [2.45, 2.75) is 52.0 Å². The summed E-state index contributed by atoms with van der Waals surface area (Å²) in [6.45, 7) is 10.9. The van der Waals surface area contributed by atoms with Crippen LogP contribution >= 0.6 is 0 Å². The third kappa shape index (κ3) is 2.50. The number of ether oxygens (including phenoxy) is 2. The molecule has 2 aliphatic heterocycles. The van der Waals surface area contributed by atoms with Crippen molar-refractivity contribution in [3.8, 4) is 11.4 Å². The smallest absolute Gasteiger partial charge is 0.258 e. The van der Waals surface area contributed by atoms with Crippen molar-refractivity contribution in [2.24, 2.45) is 0 Å². The molecule has 0 radical (unpaired) electrons. The molecule has 4 heterocycles. The van der Waals surface area contributed by atoms with Gasteiger partial charge in [0.1, 0.15) is 18.0 Å². The fourth-order valence-electron chi connectivity index (χ4n) is 4.64. The summed E-state index contributed by atoms with van der Waals surface area (Å²) in [6, 6.07) is 12.3. The standard InChI is InChI=1S/C24H24N2O3/c1-5-24(29-14(2)3)15(4)28-13-18-19(24)11-21-22-17(12-26(21)23(18)27)10-16-8-6-7-9-20(16)25-22/h6-11,14H,4-5,12-13H2,1-3H3/t24-/m1/s1. The molecule has 0 saturated heterocycles. The quantitative estimate of drug-likeness (QED) is 0.519. The first kappa shape index (κ1) is 18.1. The van der Waals surface area contributed by atoms with E-state index in [1.807, 2.05) is 43.5 Å². The van der Waals surface area contributed by atoms with E-state index in [4.69, 9.17) is 14.5 Å². The molecule has 0 aliphatic carbocycles. The van der Waals surface area contributed by atoms with Gasteiger partial charge in [-0.1, -0.05) is 31.7 Å². The van der Waals surface area contributed by atoms with Crippen molar-refractivity contribution >= 4 is 10.9 Å². The third-order valence-corrected chi connectivity index (χ3v) is 5.99. The Balaban J connectivity index is 1.78. The highest BCUT2D eigenvalue weighted by molar-refractivity contribution is 5.84. The first-order chi connectivity index (χ1) is 13.9. The molecule has 2 aromatic heterocycles. The van der Waals surface area contributed by atoms with Gasteiger partial charge in [-0.2, -0.15) is 0 Å². The van der Waals surface area contributed by atoms with E-state index in [2.05, 4.69) is 24.8 Å². The van der Waals surface area contributed by atoms with Crippen LogP contribution < -0.4 is 5.56 Å². The summed E-state index contributed by atoms with van der Waals surface area (Å²) < 4.78 is 14.0. The van der Waals surface area contributed by atoms with Gasteiger partial charge in [0.15, 0.2) is 0 Å². The van der Waals surface area contributed by atoms with Crippen LogP contribution in [0, 0.1) is 0 Å². The van der Waals surface area contributed by atoms with Gasteiger partial charge < -0.3 is 14.0 Å². The normalized spacial score (nSPS) is 19.8. The second-order valence-corrected chi connectivity index (χ2v) is 8.06. The molecule has 3 aromatic rings. The van der Waals surface area contributed by atoms with E-state index in [0.717, 1.165) is 33.4 Å². The summed E-state index contributed by atoms with van der Waals surface area (Å²) in [4.78, 5) is 18.3. The number of fused-ring (bicyclic) bond motifs is 5. The van der Waals surface area contributed by atoms with Gasteiger partial charge in [0.2, 0.25) is 0 Å². The highest BCUT2D eigenvalue weighted by Gasteiger charge is 2.44. The summed E-state index contributed by atoms with van der Waals surface area (Å²) >= 11 is 0. The zero-order valence-electron chi connectivity index (χ0n) is 17.0. The molecule has 5 heteroatoms. The Bertz CT molecular complexity index is 1220. The molecule has 0 N–H and O–H groups in total. The number of aromatic nitrogens is 2. The molecule has 5 nitrogen and oxygen atoms in total. The molecule has 148 valence electrons. The van der Waals surface area contributed by atoms with Crippen molar-refractivity contribution < 1.29 is 9.47 Å². The van der Waals surface area contributed by atoms with Gasteiger partial charge in [0.05, 0.1) is 35.1 Å². The zero-order chi connectivity index (χ0) is 20.3. The molecule has 0 fully saturated rings. The van der Waals surface area contributed by atoms with E-state index in [-0.39, 0.29) is 18.3 Å². The maximum absolute atomic E-state index is 13.4. The van der Waals surface area contributed by atoms with Crippen molar-refractivity contribution in [1.82, 2.24) is 9.55 Å². The molecule has 29 heavy (non-hydrogen) atoms. The molecule has 0 amide bonds. The maximum atomic E-state index is 13.4. The molecular weight excluding hydrogens is 364 g/mol. The molecule has 0 spiro atoms. The number of benzene rings is 1. The fraction of sp³-hybridized carbons (Fsp3) is 0.333. The van der Waals surface area contributed by atoms with Crippen LogP contribution in [0.15, 0.2) is 53.5 Å². The zero-order valence-corrected chi connectivity index (χ0v) is 17.0. The topological polar surface area (TPSA) is 53.4 Å². The predicted octanol–water partition coefficient (Wildman–Crippen LogP) is 4.50. The van der Waals surface area contributed by atoms with Gasteiger partial charge in [-0.25, -0.2) is 4.98 Å². The summed E-state index contributed by atoms with van der Waals surface area (Å²) in [7, 11) is 0. The second kappa shape index (κ2) is 6.29. The predicted molar refractivity (Wildman–Crippen MR) is 113 cm³/mol. The number of nitrogens with zero attached hydrogens (tertiary/aromatic N) is 2. The Morgan fingerprint density at radius 3 is 2.86 bits per heavy atom. The minimum Gasteiger partial charge on any atom is -0.490 e. The first-order valence-electron chi connectivity index (χ1n) is 10.1. The highest BCUT2D eigenvalue weighted by atomic mass is 16.6. The highest BCUT2D eigenvalue weighted by Crippen LogP contribution is 2.45. The minimum absolute atomic E-state index is 0.0303. The van der Waals surface area contributed by atoms with Gasteiger partial charge >= 0.3 is 0 Å². The van der Waals surface area contributed by atoms with E-state index < -0.39 is 5.60 Å². The van der Waals surface area contributed by atoms with Gasteiger partial charge in [-0.3, -0.25) is 4.79 Å². The van der Waals surface area contributed by atoms with Crippen LogP contribution in [0.2, 0.25) is 0 Å². The van der Waals surface area contributed by atoms with E-state index in [1.54, 1.807) is 0 Å². The number of hydrogen-bond acceptors (Lipinski definition) is 4. The average molecular weight is 388 g/mol. The van der Waals surface area contributed by atoms with E-state index >= 15 is 0 Å². The van der Waals surface area contributed by atoms with Crippen molar-refractivity contribution in [1.29, 1.82) is 0 Å². The van der Waals surface area contributed by atoms with Crippen molar-refractivity contribution in [3.63, 3.8) is 0 Å². The number of rotatable bonds is 3. The maximum Gasteiger partial charge on any atom is 0.258 e. The number of hydrogen-bond donors (Lipinski definition) is 0. The van der Waals surface area contributed by atoms with Gasteiger partial charge in [-0.05, 0) is 38.5 Å². The van der Waals surface area contributed by atoms with Crippen molar-refractivity contribution in [2.75, 3.05) is 0 Å². The summed E-state index contributed by atoms with van der Waals surface area (Å²) in [5, 5.41) is 1.08. The van der Waals surface area contributed by atoms with Crippen LogP contribution in [0.1, 0.15) is 43.9 Å². The summed E-state index contributed by atoms with van der Waals surface area (Å²) in [6.07, 6.45) is 0.601. The van der Waals surface area contributed by atoms with Crippen LogP contribution in [-0.4, -0.2) is 15.7 Å². The van der Waals surface area contributed by atoms with Crippen LogP contribution in [0.5, 0.6) is 0 Å². The number of para-hydroxylation sites is 1. The Kier molecular flexibility index (Phi) is 3.93. The summed E-state index contributed by atoms with van der Waals surface area (Å²) in [5.74, 6) is 0.565. The van der Waals surface area contributed by atoms with Gasteiger partial charge in [0, 0.05) is 16.5 Å². The Labute approximate surface area is 169 Å². The largest absolute Gasteiger partial charge is 0.490 e. The van der Waals surface area contributed by atoms with Gasteiger partial charge in [-0.15, -0.1) is 0 Å². The molecule has 1 atom stereocenters. The Hall–Kier alpha value is -2.92. The molecule has 5 rings (SSSR count). The summed E-state index contributed by atoms with van der Waals surface area (Å²) in [5.41, 5.74) is 4.37. The average Bonchev–Trinajstić information content (AvgIpc) is 3.06. The second-order valence-electron chi connectivity index (χ2n) is 8.06. The third-order valence-electron chi connectivity index (χ3n) is 5.99. The molecule has 0 unspecified atom stereocenters. The SMILES string of the molecule is C=C1OCc2c(cc3n(c2=O)Cc2cc4ccccc4nc2-3)[C@]1(CC)OC(C)C. The Morgan fingerprint density at radius 1 is 1.31 bits per heavy atom. The molecule has 2 aliphatic rings. The van der Waals surface area contributed by atoms with Crippen LogP contribution in [0.3, 0.4) is 0 Å². The fourth-order valence-corrected chi connectivity index (χ4v) is 4.64.